The average Bonchev–Trinajstić information content (AvgIpc) is 2.75. The van der Waals surface area contributed by atoms with E-state index in [1.807, 2.05) is 0 Å². The summed E-state index contributed by atoms with van der Waals surface area (Å²) in [6.07, 6.45) is 7.25. The van der Waals surface area contributed by atoms with Crippen molar-refractivity contribution in [2.75, 3.05) is 13.6 Å². The first-order valence-corrected chi connectivity index (χ1v) is 5.80. The Labute approximate surface area is 82.5 Å². The summed E-state index contributed by atoms with van der Waals surface area (Å²) in [6.45, 7) is 6.23. The Morgan fingerprint density at radius 2 is 1.92 bits per heavy atom. The van der Waals surface area contributed by atoms with Crippen LogP contribution in [0.2, 0.25) is 0 Å². The van der Waals surface area contributed by atoms with Gasteiger partial charge >= 0.3 is 0 Å². The molecule has 0 aromatic carbocycles. The quantitative estimate of drug-likeness (QED) is 0.647. The second-order valence-corrected chi connectivity index (χ2v) is 5.78. The van der Waals surface area contributed by atoms with Crippen molar-refractivity contribution in [3.05, 3.63) is 0 Å². The van der Waals surface area contributed by atoms with Crippen LogP contribution in [0.3, 0.4) is 0 Å². The lowest BCUT2D eigenvalue weighted by Gasteiger charge is -2.35. The SMILES string of the molecule is CN(CC1CC1)C1CCCC1(C)C. The molecule has 2 fully saturated rings. The maximum absolute atomic E-state index is 2.63. The minimum Gasteiger partial charge on any atom is -0.303 e. The van der Waals surface area contributed by atoms with Crippen LogP contribution in [0.15, 0.2) is 0 Å². The van der Waals surface area contributed by atoms with Gasteiger partial charge in [-0.3, -0.25) is 0 Å². The van der Waals surface area contributed by atoms with Crippen LogP contribution < -0.4 is 0 Å². The molecule has 0 spiro atoms. The molecular formula is C12H23N. The average molecular weight is 181 g/mol. The molecule has 0 aromatic rings. The largest absolute Gasteiger partial charge is 0.303 e. The summed E-state index contributed by atoms with van der Waals surface area (Å²) in [4.78, 5) is 2.63. The monoisotopic (exact) mass is 181 g/mol. The van der Waals surface area contributed by atoms with Crippen molar-refractivity contribution in [2.45, 2.75) is 52.0 Å². The lowest BCUT2D eigenvalue weighted by atomic mass is 9.86. The summed E-state index contributed by atoms with van der Waals surface area (Å²) in [7, 11) is 2.33. The second kappa shape index (κ2) is 3.27. The van der Waals surface area contributed by atoms with Gasteiger partial charge in [-0.2, -0.15) is 0 Å². The minimum absolute atomic E-state index is 0.573. The highest BCUT2D eigenvalue weighted by Gasteiger charge is 2.38. The third-order valence-electron chi connectivity index (χ3n) is 3.98. The van der Waals surface area contributed by atoms with E-state index in [1.165, 1.54) is 38.6 Å². The molecule has 0 N–H and O–H groups in total. The van der Waals surface area contributed by atoms with Gasteiger partial charge in [-0.25, -0.2) is 0 Å². The molecule has 13 heavy (non-hydrogen) atoms. The van der Waals surface area contributed by atoms with Crippen molar-refractivity contribution in [1.29, 1.82) is 0 Å². The van der Waals surface area contributed by atoms with Crippen molar-refractivity contribution in [3.63, 3.8) is 0 Å². The van der Waals surface area contributed by atoms with E-state index in [0.717, 1.165) is 12.0 Å². The summed E-state index contributed by atoms with van der Waals surface area (Å²) in [6, 6.07) is 0.855. The van der Waals surface area contributed by atoms with Crippen LogP contribution in [0.5, 0.6) is 0 Å². The third kappa shape index (κ3) is 2.07. The maximum Gasteiger partial charge on any atom is 0.0143 e. The van der Waals surface area contributed by atoms with Crippen molar-refractivity contribution >= 4 is 0 Å². The van der Waals surface area contributed by atoms with Gasteiger partial charge in [0, 0.05) is 12.6 Å². The number of hydrogen-bond acceptors (Lipinski definition) is 1. The molecule has 0 aliphatic heterocycles. The van der Waals surface area contributed by atoms with Gasteiger partial charge in [0.1, 0.15) is 0 Å². The lowest BCUT2D eigenvalue weighted by molar-refractivity contribution is 0.136. The Bertz CT molecular complexity index is 182. The first-order chi connectivity index (χ1) is 6.09. The molecular weight excluding hydrogens is 158 g/mol. The van der Waals surface area contributed by atoms with Crippen molar-refractivity contribution in [3.8, 4) is 0 Å². The van der Waals surface area contributed by atoms with Crippen LogP contribution in [0.1, 0.15) is 46.0 Å². The fraction of sp³-hybridized carbons (Fsp3) is 1.00. The van der Waals surface area contributed by atoms with Crippen molar-refractivity contribution < 1.29 is 0 Å². The van der Waals surface area contributed by atoms with Gasteiger partial charge in [0.2, 0.25) is 0 Å². The van der Waals surface area contributed by atoms with Crippen molar-refractivity contribution in [1.82, 2.24) is 4.90 Å². The molecule has 1 atom stereocenters. The summed E-state index contributed by atoms with van der Waals surface area (Å²) in [5.74, 6) is 1.04. The zero-order chi connectivity index (χ0) is 9.47. The Balaban J connectivity index is 1.90. The molecule has 0 saturated heterocycles. The molecule has 2 aliphatic rings. The molecule has 0 amide bonds. The molecule has 0 aromatic heterocycles. The summed E-state index contributed by atoms with van der Waals surface area (Å²) >= 11 is 0. The number of nitrogens with zero attached hydrogens (tertiary/aromatic N) is 1. The zero-order valence-electron chi connectivity index (χ0n) is 9.34. The van der Waals surface area contributed by atoms with Crippen LogP contribution in [0, 0.1) is 11.3 Å². The minimum atomic E-state index is 0.573. The molecule has 2 saturated carbocycles. The highest BCUT2D eigenvalue weighted by Crippen LogP contribution is 2.41. The fourth-order valence-electron chi connectivity index (χ4n) is 2.96. The van der Waals surface area contributed by atoms with E-state index < -0.39 is 0 Å². The Morgan fingerprint density at radius 3 is 2.38 bits per heavy atom. The van der Waals surface area contributed by atoms with Crippen LogP contribution in [0.4, 0.5) is 0 Å². The van der Waals surface area contributed by atoms with E-state index in [2.05, 4.69) is 25.8 Å². The van der Waals surface area contributed by atoms with E-state index >= 15 is 0 Å². The van der Waals surface area contributed by atoms with Gasteiger partial charge in [-0.15, -0.1) is 0 Å². The van der Waals surface area contributed by atoms with Gasteiger partial charge < -0.3 is 4.90 Å². The molecule has 0 radical (unpaired) electrons. The molecule has 2 rings (SSSR count). The molecule has 76 valence electrons. The molecule has 0 bridgehead atoms. The Kier molecular flexibility index (Phi) is 2.39. The van der Waals surface area contributed by atoms with E-state index in [1.54, 1.807) is 0 Å². The van der Waals surface area contributed by atoms with E-state index in [9.17, 15) is 0 Å². The summed E-state index contributed by atoms with van der Waals surface area (Å²) in [5.41, 5.74) is 0.573. The summed E-state index contributed by atoms with van der Waals surface area (Å²) < 4.78 is 0. The fourth-order valence-corrected chi connectivity index (χ4v) is 2.96. The highest BCUT2D eigenvalue weighted by molar-refractivity contribution is 4.92. The van der Waals surface area contributed by atoms with E-state index in [4.69, 9.17) is 0 Å². The normalized spacial score (nSPS) is 32.8. The number of rotatable bonds is 3. The highest BCUT2D eigenvalue weighted by atomic mass is 15.1. The van der Waals surface area contributed by atoms with Crippen LogP contribution in [-0.4, -0.2) is 24.5 Å². The second-order valence-electron chi connectivity index (χ2n) is 5.78. The smallest absolute Gasteiger partial charge is 0.0143 e. The molecule has 2 aliphatic carbocycles. The van der Waals surface area contributed by atoms with E-state index in [-0.39, 0.29) is 0 Å². The number of hydrogen-bond donors (Lipinski definition) is 0. The predicted molar refractivity (Wildman–Crippen MR) is 56.8 cm³/mol. The first kappa shape index (κ1) is 9.51. The van der Waals surface area contributed by atoms with Gasteiger partial charge in [0.25, 0.3) is 0 Å². The molecule has 0 heterocycles. The van der Waals surface area contributed by atoms with Gasteiger partial charge in [-0.1, -0.05) is 20.3 Å². The summed E-state index contributed by atoms with van der Waals surface area (Å²) in [5, 5.41) is 0. The van der Waals surface area contributed by atoms with Crippen molar-refractivity contribution in [2.24, 2.45) is 11.3 Å². The van der Waals surface area contributed by atoms with E-state index in [0.29, 0.717) is 5.41 Å². The first-order valence-electron chi connectivity index (χ1n) is 5.80. The molecule has 1 unspecified atom stereocenters. The van der Waals surface area contributed by atoms with Crippen LogP contribution in [-0.2, 0) is 0 Å². The van der Waals surface area contributed by atoms with Crippen LogP contribution in [0.25, 0.3) is 0 Å². The topological polar surface area (TPSA) is 3.24 Å². The molecule has 1 nitrogen and oxygen atoms in total. The molecule has 1 heteroatoms. The third-order valence-corrected chi connectivity index (χ3v) is 3.98. The zero-order valence-corrected chi connectivity index (χ0v) is 9.34. The van der Waals surface area contributed by atoms with Gasteiger partial charge in [0.15, 0.2) is 0 Å². The lowest BCUT2D eigenvalue weighted by Crippen LogP contribution is -2.40. The van der Waals surface area contributed by atoms with Gasteiger partial charge in [0.05, 0.1) is 0 Å². The Hall–Kier alpha value is -0.0400. The van der Waals surface area contributed by atoms with Crippen LogP contribution >= 0.6 is 0 Å². The van der Waals surface area contributed by atoms with Gasteiger partial charge in [-0.05, 0) is 44.1 Å². The predicted octanol–water partition coefficient (Wildman–Crippen LogP) is 2.91. The standard InChI is InChI=1S/C12H23N/c1-12(2)8-4-5-11(12)13(3)9-10-6-7-10/h10-11H,4-9H2,1-3H3. The maximum atomic E-state index is 2.63. The Morgan fingerprint density at radius 1 is 1.23 bits per heavy atom.